The Bertz CT molecular complexity index is 432. The molecule has 0 saturated carbocycles. The number of nitrogens with zero attached hydrogens (tertiary/aromatic N) is 1. The lowest BCUT2D eigenvalue weighted by Gasteiger charge is -2.04. The van der Waals surface area contributed by atoms with Crippen molar-refractivity contribution in [2.24, 2.45) is 0 Å². The lowest BCUT2D eigenvalue weighted by Crippen LogP contribution is -2.03. The van der Waals surface area contributed by atoms with Gasteiger partial charge in [-0.15, -0.1) is 0 Å². The summed E-state index contributed by atoms with van der Waals surface area (Å²) in [6, 6.07) is 3.11. The SMILES string of the molecule is FC(F)(F)c1ccc2n[c]oc2c1. The minimum Gasteiger partial charge on any atom is -0.432 e. The molecule has 0 amide bonds. The molecule has 1 aromatic carbocycles. The van der Waals surface area contributed by atoms with Gasteiger partial charge < -0.3 is 4.42 Å². The first kappa shape index (κ1) is 8.10. The summed E-state index contributed by atoms with van der Waals surface area (Å²) in [5, 5.41) is 0. The minimum atomic E-state index is -4.35. The summed E-state index contributed by atoms with van der Waals surface area (Å²) in [6.45, 7) is 0. The molecular weight excluding hydrogens is 183 g/mol. The monoisotopic (exact) mass is 186 g/mol. The normalized spacial score (nSPS) is 12.2. The lowest BCUT2D eigenvalue weighted by atomic mass is 10.2. The molecule has 0 spiro atoms. The molecule has 67 valence electrons. The Kier molecular flexibility index (Phi) is 1.55. The average Bonchev–Trinajstić information content (AvgIpc) is 2.47. The number of oxazole rings is 1. The van der Waals surface area contributed by atoms with Gasteiger partial charge in [0.2, 0.25) is 0 Å². The van der Waals surface area contributed by atoms with Crippen LogP contribution >= 0.6 is 0 Å². The number of hydrogen-bond donors (Lipinski definition) is 0. The maximum atomic E-state index is 12.1. The fourth-order valence-corrected chi connectivity index (χ4v) is 0.986. The van der Waals surface area contributed by atoms with Crippen molar-refractivity contribution < 1.29 is 17.6 Å². The highest BCUT2D eigenvalue weighted by Gasteiger charge is 2.30. The van der Waals surface area contributed by atoms with Crippen molar-refractivity contribution in [3.05, 3.63) is 30.2 Å². The molecule has 0 unspecified atom stereocenters. The molecule has 2 nitrogen and oxygen atoms in total. The predicted octanol–water partition coefficient (Wildman–Crippen LogP) is 2.65. The van der Waals surface area contributed by atoms with Crippen LogP contribution in [0.1, 0.15) is 5.56 Å². The zero-order valence-electron chi connectivity index (χ0n) is 6.22. The first-order valence-corrected chi connectivity index (χ1v) is 3.41. The van der Waals surface area contributed by atoms with E-state index in [1.54, 1.807) is 0 Å². The number of aromatic nitrogens is 1. The van der Waals surface area contributed by atoms with Gasteiger partial charge in [-0.1, -0.05) is 0 Å². The molecule has 0 saturated heterocycles. The first-order valence-electron chi connectivity index (χ1n) is 3.41. The van der Waals surface area contributed by atoms with Gasteiger partial charge >= 0.3 is 6.18 Å². The zero-order valence-corrected chi connectivity index (χ0v) is 6.22. The van der Waals surface area contributed by atoms with E-state index in [4.69, 9.17) is 0 Å². The van der Waals surface area contributed by atoms with E-state index in [2.05, 4.69) is 15.8 Å². The Balaban J connectivity index is 2.61. The Morgan fingerprint density at radius 3 is 2.77 bits per heavy atom. The highest BCUT2D eigenvalue weighted by molar-refractivity contribution is 5.72. The molecule has 2 rings (SSSR count). The number of rotatable bonds is 0. The van der Waals surface area contributed by atoms with Crippen LogP contribution < -0.4 is 0 Å². The van der Waals surface area contributed by atoms with Crippen LogP contribution in [0.5, 0.6) is 0 Å². The van der Waals surface area contributed by atoms with Crippen molar-refractivity contribution in [1.82, 2.24) is 4.98 Å². The van der Waals surface area contributed by atoms with Crippen molar-refractivity contribution in [2.75, 3.05) is 0 Å². The van der Waals surface area contributed by atoms with Crippen LogP contribution in [-0.4, -0.2) is 4.98 Å². The van der Waals surface area contributed by atoms with E-state index in [-0.39, 0.29) is 5.58 Å². The van der Waals surface area contributed by atoms with E-state index in [0.717, 1.165) is 12.1 Å². The lowest BCUT2D eigenvalue weighted by molar-refractivity contribution is -0.137. The Morgan fingerprint density at radius 2 is 2.08 bits per heavy atom. The third-order valence-electron chi connectivity index (χ3n) is 1.61. The second-order valence-corrected chi connectivity index (χ2v) is 2.49. The third kappa shape index (κ3) is 1.37. The van der Waals surface area contributed by atoms with Crippen LogP contribution in [0, 0.1) is 6.39 Å². The van der Waals surface area contributed by atoms with Gasteiger partial charge in [-0.25, -0.2) is 4.98 Å². The number of fused-ring (bicyclic) bond motifs is 1. The van der Waals surface area contributed by atoms with E-state index in [0.29, 0.717) is 5.52 Å². The van der Waals surface area contributed by atoms with Crippen molar-refractivity contribution in [3.63, 3.8) is 0 Å². The van der Waals surface area contributed by atoms with Gasteiger partial charge in [-0.05, 0) is 18.2 Å². The minimum absolute atomic E-state index is 0.0924. The van der Waals surface area contributed by atoms with E-state index >= 15 is 0 Å². The van der Waals surface area contributed by atoms with Gasteiger partial charge in [0.1, 0.15) is 5.52 Å². The van der Waals surface area contributed by atoms with Gasteiger partial charge in [0.15, 0.2) is 5.58 Å². The molecule has 0 bridgehead atoms. The van der Waals surface area contributed by atoms with Crippen LogP contribution in [-0.2, 0) is 6.18 Å². The predicted molar refractivity (Wildman–Crippen MR) is 37.8 cm³/mol. The van der Waals surface area contributed by atoms with Crippen LogP contribution in [0.3, 0.4) is 0 Å². The molecule has 0 atom stereocenters. The molecule has 5 heteroatoms. The van der Waals surface area contributed by atoms with Gasteiger partial charge in [0, 0.05) is 0 Å². The average molecular weight is 186 g/mol. The quantitative estimate of drug-likeness (QED) is 0.632. The highest BCUT2D eigenvalue weighted by atomic mass is 19.4. The van der Waals surface area contributed by atoms with E-state index < -0.39 is 11.7 Å². The van der Waals surface area contributed by atoms with Crippen LogP contribution in [0.2, 0.25) is 0 Å². The molecule has 0 aliphatic heterocycles. The van der Waals surface area contributed by atoms with Gasteiger partial charge in [-0.2, -0.15) is 13.2 Å². The molecule has 2 aromatic rings. The number of alkyl halides is 3. The van der Waals surface area contributed by atoms with Gasteiger partial charge in [0.05, 0.1) is 5.56 Å². The summed E-state index contributed by atoms with van der Waals surface area (Å²) in [5.41, 5.74) is -0.284. The molecule has 1 radical (unpaired) electrons. The molecular formula is C8H3F3NO. The van der Waals surface area contributed by atoms with E-state index in [9.17, 15) is 13.2 Å². The number of halogens is 3. The van der Waals surface area contributed by atoms with E-state index in [1.807, 2.05) is 0 Å². The molecule has 1 aromatic heterocycles. The summed E-state index contributed by atoms with van der Waals surface area (Å²) < 4.78 is 41.1. The van der Waals surface area contributed by atoms with E-state index in [1.165, 1.54) is 6.07 Å². The van der Waals surface area contributed by atoms with Crippen LogP contribution in [0.4, 0.5) is 13.2 Å². The molecule has 1 heterocycles. The first-order chi connectivity index (χ1) is 6.07. The maximum absolute atomic E-state index is 12.1. The van der Waals surface area contributed by atoms with Gasteiger partial charge in [0.25, 0.3) is 6.39 Å². The Labute approximate surface area is 71.0 Å². The summed E-state index contributed by atoms with van der Waals surface area (Å²) in [4.78, 5) is 3.58. The fraction of sp³-hybridized carbons (Fsp3) is 0.125. The Hall–Kier alpha value is -1.52. The second-order valence-electron chi connectivity index (χ2n) is 2.49. The van der Waals surface area contributed by atoms with Crippen LogP contribution in [0.25, 0.3) is 11.1 Å². The molecule has 13 heavy (non-hydrogen) atoms. The molecule has 0 aliphatic rings. The van der Waals surface area contributed by atoms with Crippen molar-refractivity contribution in [2.45, 2.75) is 6.18 Å². The second kappa shape index (κ2) is 2.48. The largest absolute Gasteiger partial charge is 0.432 e. The molecule has 0 aliphatic carbocycles. The topological polar surface area (TPSA) is 26.0 Å². The summed E-state index contributed by atoms with van der Waals surface area (Å²) in [5.74, 6) is 0. The third-order valence-corrected chi connectivity index (χ3v) is 1.61. The molecule has 0 N–H and O–H groups in total. The summed E-state index contributed by atoms with van der Waals surface area (Å²) in [6.07, 6.45) is -2.22. The van der Waals surface area contributed by atoms with Crippen molar-refractivity contribution in [1.29, 1.82) is 0 Å². The van der Waals surface area contributed by atoms with Crippen molar-refractivity contribution >= 4 is 11.1 Å². The smallest absolute Gasteiger partial charge is 0.416 e. The van der Waals surface area contributed by atoms with Crippen molar-refractivity contribution in [3.8, 4) is 0 Å². The standard InChI is InChI=1S/C8H3F3NO/c9-8(10,11)5-1-2-6-7(3-5)13-4-12-6/h1-3H. The maximum Gasteiger partial charge on any atom is 0.416 e. The van der Waals surface area contributed by atoms with Gasteiger partial charge in [-0.3, -0.25) is 0 Å². The number of benzene rings is 1. The fourth-order valence-electron chi connectivity index (χ4n) is 0.986. The zero-order chi connectivity index (χ0) is 9.47. The summed E-state index contributed by atoms with van der Waals surface area (Å²) in [7, 11) is 0. The summed E-state index contributed by atoms with van der Waals surface area (Å²) >= 11 is 0. The Morgan fingerprint density at radius 1 is 1.31 bits per heavy atom. The van der Waals surface area contributed by atoms with Crippen LogP contribution in [0.15, 0.2) is 22.6 Å². The highest BCUT2D eigenvalue weighted by Crippen LogP contribution is 2.30. The molecule has 0 fully saturated rings. The number of hydrogen-bond acceptors (Lipinski definition) is 2.